The molecule has 0 spiro atoms. The van der Waals surface area contributed by atoms with Gasteiger partial charge in [-0.05, 0) is 72.8 Å². The Kier molecular flexibility index (Phi) is 16.5. The number of amides is 4. The fourth-order valence-corrected chi connectivity index (χ4v) is 9.37. The number of carbonyl (C=O) groups is 6. The highest BCUT2D eigenvalue weighted by Gasteiger charge is 2.59. The highest BCUT2D eigenvalue weighted by molar-refractivity contribution is 8.14. The minimum absolute atomic E-state index is 0.00591. The minimum atomic E-state index is -2.45. The molecule has 2 aromatic rings. The second-order valence-corrected chi connectivity index (χ2v) is 23.2. The molecular weight excluding hydrogens is 847 g/mol. The Morgan fingerprint density at radius 2 is 1.44 bits per heavy atom. The van der Waals surface area contributed by atoms with Gasteiger partial charge in [-0.3, -0.25) is 44.3 Å². The van der Waals surface area contributed by atoms with Gasteiger partial charge in [0.1, 0.15) is 19.3 Å². The fraction of sp³-hybridized carbons (Fsp3) is 0.561. The number of carbonyl (C=O) groups excluding carboxylic acids is 6. The number of likely N-dealkylation sites (tertiary alicyclic amines) is 1. The molecule has 0 bridgehead atoms. The van der Waals surface area contributed by atoms with E-state index in [1.165, 1.54) is 48.5 Å². The summed E-state index contributed by atoms with van der Waals surface area (Å²) < 4.78 is 22.9. The number of hydrogen-bond acceptors (Lipinski definition) is 15. The van der Waals surface area contributed by atoms with Crippen molar-refractivity contribution in [1.82, 2.24) is 15.5 Å². The van der Waals surface area contributed by atoms with Crippen LogP contribution in [0.3, 0.4) is 0 Å². The Hall–Kier alpha value is -5.25. The summed E-state index contributed by atoms with van der Waals surface area (Å²) in [7, 11) is -2.45. The lowest BCUT2D eigenvalue weighted by molar-refractivity contribution is -0.385. The van der Waals surface area contributed by atoms with E-state index >= 15 is 0 Å². The van der Waals surface area contributed by atoms with Crippen LogP contribution in [-0.4, -0.2) is 101 Å². The SMILES string of the molecule is CC(C)[C@H](NC(=O)OCc1ccc([N+](=O)[O-])cc1)C(=O)NC[C@H]1OCC[C@H]1SC(=O)[C@H](C)[C@@H]1[C@@H]([C@@H](C)O[Si](C)(C)C(C)(C)C)C(=O)N1C(=O)C(=O)OCc1ccc([N+](=O)[O-])cc1. The first kappa shape index (κ1) is 49.4. The molecule has 2 N–H and O–H groups in total. The number of ether oxygens (including phenoxy) is 3. The Balaban J connectivity index is 1.41. The molecule has 2 heterocycles. The van der Waals surface area contributed by atoms with Crippen molar-refractivity contribution in [2.24, 2.45) is 17.8 Å². The number of non-ortho nitro benzene ring substituents is 2. The number of alkyl carbamates (subject to hydrolysis) is 1. The van der Waals surface area contributed by atoms with Crippen molar-refractivity contribution in [3.8, 4) is 0 Å². The lowest BCUT2D eigenvalue weighted by atomic mass is 9.76. The number of imide groups is 1. The number of hydrogen-bond donors (Lipinski definition) is 2. The van der Waals surface area contributed by atoms with Gasteiger partial charge in [0.05, 0.1) is 34.0 Å². The highest BCUT2D eigenvalue weighted by Crippen LogP contribution is 2.43. The van der Waals surface area contributed by atoms with E-state index in [4.69, 9.17) is 18.6 Å². The van der Waals surface area contributed by atoms with E-state index in [2.05, 4.69) is 10.6 Å². The van der Waals surface area contributed by atoms with Gasteiger partial charge in [0.15, 0.2) is 13.4 Å². The Labute approximate surface area is 364 Å². The van der Waals surface area contributed by atoms with E-state index in [0.29, 0.717) is 17.5 Å². The summed E-state index contributed by atoms with van der Waals surface area (Å²) in [6.45, 7) is 16.6. The Morgan fingerprint density at radius 1 is 0.903 bits per heavy atom. The van der Waals surface area contributed by atoms with Crippen LogP contribution in [0.5, 0.6) is 0 Å². The molecular formula is C41H55N5O14SSi. The molecule has 0 saturated carbocycles. The van der Waals surface area contributed by atoms with Gasteiger partial charge in [-0.1, -0.05) is 53.3 Å². The van der Waals surface area contributed by atoms with Crippen LogP contribution < -0.4 is 10.6 Å². The number of rotatable bonds is 17. The quantitative estimate of drug-likeness (QED) is 0.0501. The molecule has 2 saturated heterocycles. The number of β-lactam (4-membered cyclic amide) rings is 1. The highest BCUT2D eigenvalue weighted by atomic mass is 32.2. The van der Waals surface area contributed by atoms with E-state index < -0.39 is 95.9 Å². The monoisotopic (exact) mass is 901 g/mol. The van der Waals surface area contributed by atoms with Crippen LogP contribution in [0, 0.1) is 38.0 Å². The number of esters is 1. The maximum atomic E-state index is 14.1. The summed E-state index contributed by atoms with van der Waals surface area (Å²) >= 11 is 0.962. The zero-order valence-corrected chi connectivity index (χ0v) is 38.1. The molecule has 2 aromatic carbocycles. The fourth-order valence-electron chi connectivity index (χ4n) is 6.75. The van der Waals surface area contributed by atoms with Crippen molar-refractivity contribution in [3.05, 3.63) is 79.9 Å². The molecule has 19 nitrogen and oxygen atoms in total. The molecule has 7 atom stereocenters. The number of nitro benzene ring substituents is 2. The van der Waals surface area contributed by atoms with Crippen molar-refractivity contribution in [2.45, 2.75) is 116 Å². The predicted octanol–water partition coefficient (Wildman–Crippen LogP) is 5.43. The van der Waals surface area contributed by atoms with Crippen molar-refractivity contribution < 1.29 is 57.3 Å². The smallest absolute Gasteiger partial charge is 0.408 e. The van der Waals surface area contributed by atoms with Gasteiger partial charge in [-0.25, -0.2) is 9.59 Å². The normalized spacial score (nSPS) is 20.4. The van der Waals surface area contributed by atoms with E-state index in [1.807, 2.05) is 33.9 Å². The van der Waals surface area contributed by atoms with Gasteiger partial charge in [0.2, 0.25) is 11.8 Å². The molecule has 2 fully saturated rings. The van der Waals surface area contributed by atoms with E-state index in [9.17, 15) is 49.0 Å². The molecule has 2 aliphatic rings. The average molecular weight is 902 g/mol. The van der Waals surface area contributed by atoms with E-state index in [1.54, 1.807) is 27.7 Å². The maximum absolute atomic E-state index is 14.1. The predicted molar refractivity (Wildman–Crippen MR) is 228 cm³/mol. The minimum Gasteiger partial charge on any atom is -0.454 e. The third kappa shape index (κ3) is 12.2. The number of nitrogens with zero attached hydrogens (tertiary/aromatic N) is 3. The van der Waals surface area contributed by atoms with Crippen molar-refractivity contribution in [3.63, 3.8) is 0 Å². The molecule has 4 rings (SSSR count). The zero-order chi connectivity index (χ0) is 46.3. The van der Waals surface area contributed by atoms with Crippen LogP contribution in [0.4, 0.5) is 16.2 Å². The van der Waals surface area contributed by atoms with Crippen molar-refractivity contribution in [2.75, 3.05) is 13.2 Å². The summed E-state index contributed by atoms with van der Waals surface area (Å²) in [5.41, 5.74) is 0.598. The molecule has 338 valence electrons. The first-order valence-corrected chi connectivity index (χ1v) is 23.9. The maximum Gasteiger partial charge on any atom is 0.408 e. The van der Waals surface area contributed by atoms with Crippen molar-refractivity contribution in [1.29, 1.82) is 0 Å². The van der Waals surface area contributed by atoms with E-state index in [0.717, 1.165) is 16.7 Å². The zero-order valence-electron chi connectivity index (χ0n) is 36.2. The molecule has 2 aliphatic heterocycles. The van der Waals surface area contributed by atoms with Gasteiger partial charge in [-0.2, -0.15) is 0 Å². The first-order valence-electron chi connectivity index (χ1n) is 20.1. The van der Waals surface area contributed by atoms with Crippen LogP contribution in [0.25, 0.3) is 0 Å². The second kappa shape index (κ2) is 20.7. The average Bonchev–Trinajstić information content (AvgIpc) is 3.64. The summed E-state index contributed by atoms with van der Waals surface area (Å²) in [5.74, 6) is -6.06. The molecule has 62 heavy (non-hydrogen) atoms. The van der Waals surface area contributed by atoms with Crippen LogP contribution >= 0.6 is 11.8 Å². The summed E-state index contributed by atoms with van der Waals surface area (Å²) in [6.07, 6.45) is -1.76. The lowest BCUT2D eigenvalue weighted by Gasteiger charge is -2.51. The summed E-state index contributed by atoms with van der Waals surface area (Å²) in [5, 5.41) is 26.2. The van der Waals surface area contributed by atoms with E-state index in [-0.39, 0.29) is 47.2 Å². The molecule has 0 radical (unpaired) electrons. The first-order chi connectivity index (χ1) is 28.9. The topological polar surface area (TPSA) is 253 Å². The van der Waals surface area contributed by atoms with Gasteiger partial charge in [0, 0.05) is 48.6 Å². The second-order valence-electron chi connectivity index (χ2n) is 17.2. The Bertz CT molecular complexity index is 2010. The van der Waals surface area contributed by atoms with Gasteiger partial charge >= 0.3 is 18.0 Å². The molecule has 0 aromatic heterocycles. The van der Waals surface area contributed by atoms with Gasteiger partial charge < -0.3 is 29.3 Å². The molecule has 0 unspecified atom stereocenters. The third-order valence-electron chi connectivity index (χ3n) is 11.4. The van der Waals surface area contributed by atoms with Gasteiger partial charge in [0.25, 0.3) is 11.4 Å². The number of benzene rings is 2. The molecule has 0 aliphatic carbocycles. The summed E-state index contributed by atoms with van der Waals surface area (Å²) in [6, 6.07) is 8.61. The number of thioether (sulfide) groups is 1. The Morgan fingerprint density at radius 3 is 1.94 bits per heavy atom. The van der Waals surface area contributed by atoms with Crippen LogP contribution in [0.15, 0.2) is 48.5 Å². The standard InChI is InChI=1S/C41H55N5O14SSi/c1-23(2)33(43-40(52)59-22-27-12-16-29(17-13-27)46(55)56)35(47)42-20-30-31(18-19-57-30)61-39(51)24(3)34-32(25(4)60-62(8,9)41(5,6)7)36(48)44(34)37(49)38(50)58-21-26-10-14-28(15-11-26)45(53)54/h10-17,23-25,30-34H,18-22H2,1-9H3,(H,42,47)(H,43,52)/t24-,25-,30-,31-,32-,33+,34-/m1/s1. The molecule has 4 amide bonds. The van der Waals surface area contributed by atoms with Crippen molar-refractivity contribution >= 4 is 66.4 Å². The summed E-state index contributed by atoms with van der Waals surface area (Å²) in [4.78, 5) is 102. The number of nitro groups is 2. The lowest BCUT2D eigenvalue weighted by Crippen LogP contribution is -2.71. The number of nitrogens with one attached hydrogen (secondary N) is 2. The van der Waals surface area contributed by atoms with Crippen LogP contribution in [0.1, 0.15) is 66.0 Å². The van der Waals surface area contributed by atoms with Gasteiger partial charge in [-0.15, -0.1) is 0 Å². The van der Waals surface area contributed by atoms with Crippen LogP contribution in [0.2, 0.25) is 18.1 Å². The van der Waals surface area contributed by atoms with Crippen LogP contribution in [-0.2, 0) is 55.8 Å². The molecule has 21 heteroatoms. The largest absolute Gasteiger partial charge is 0.454 e. The third-order valence-corrected chi connectivity index (χ3v) is 17.4.